The van der Waals surface area contributed by atoms with Crippen molar-refractivity contribution < 1.29 is 9.53 Å². The van der Waals surface area contributed by atoms with Gasteiger partial charge in [0.1, 0.15) is 0 Å². The average molecular weight is 274 g/mol. The highest BCUT2D eigenvalue weighted by atomic mass is 16.5. The van der Waals surface area contributed by atoms with Crippen molar-refractivity contribution in [1.82, 2.24) is 5.32 Å². The third-order valence-corrected chi connectivity index (χ3v) is 4.45. The summed E-state index contributed by atoms with van der Waals surface area (Å²) in [7, 11) is 0. The number of fused-ring (bicyclic) bond motifs is 2. The van der Waals surface area contributed by atoms with E-state index in [0.717, 1.165) is 30.5 Å². The molecule has 108 valence electrons. The summed E-state index contributed by atoms with van der Waals surface area (Å²) in [5.41, 5.74) is 7.58. The van der Waals surface area contributed by atoms with E-state index in [-0.39, 0.29) is 24.0 Å². The number of hydrogen-bond acceptors (Lipinski definition) is 3. The van der Waals surface area contributed by atoms with Crippen molar-refractivity contribution in [3.8, 4) is 0 Å². The van der Waals surface area contributed by atoms with E-state index in [0.29, 0.717) is 12.5 Å². The summed E-state index contributed by atoms with van der Waals surface area (Å²) in [6.45, 7) is 2.07. The number of nitrogens with two attached hydrogens (primary N) is 1. The molecule has 0 radical (unpaired) electrons. The van der Waals surface area contributed by atoms with Crippen LogP contribution >= 0.6 is 0 Å². The molecule has 4 heteroatoms. The van der Waals surface area contributed by atoms with Gasteiger partial charge in [-0.05, 0) is 42.9 Å². The first-order valence-corrected chi connectivity index (χ1v) is 7.42. The maximum Gasteiger partial charge on any atom is 0.220 e. The molecule has 2 heterocycles. The summed E-state index contributed by atoms with van der Waals surface area (Å²) in [5.74, 6) is 0.325. The van der Waals surface area contributed by atoms with E-state index < -0.39 is 0 Å². The average Bonchev–Trinajstić information content (AvgIpc) is 3.01. The van der Waals surface area contributed by atoms with Crippen molar-refractivity contribution in [3.63, 3.8) is 0 Å². The highest BCUT2D eigenvalue weighted by molar-refractivity contribution is 5.77. The van der Waals surface area contributed by atoms with Crippen molar-refractivity contribution in [1.29, 1.82) is 0 Å². The maximum absolute atomic E-state index is 12.1. The molecule has 4 atom stereocenters. The minimum absolute atomic E-state index is 0.121. The Morgan fingerprint density at radius 2 is 2.15 bits per heavy atom. The maximum atomic E-state index is 12.1. The number of carbonyl (C=O) groups is 1. The van der Waals surface area contributed by atoms with Gasteiger partial charge in [0.2, 0.25) is 5.91 Å². The van der Waals surface area contributed by atoms with E-state index in [4.69, 9.17) is 10.5 Å². The van der Waals surface area contributed by atoms with Gasteiger partial charge in [0.15, 0.2) is 0 Å². The Labute approximate surface area is 119 Å². The van der Waals surface area contributed by atoms with Crippen LogP contribution in [-0.4, -0.2) is 24.2 Å². The fourth-order valence-electron chi connectivity index (χ4n) is 3.28. The van der Waals surface area contributed by atoms with Gasteiger partial charge < -0.3 is 15.8 Å². The first kappa shape index (κ1) is 13.4. The lowest BCUT2D eigenvalue weighted by Gasteiger charge is -2.21. The zero-order valence-electron chi connectivity index (χ0n) is 11.8. The van der Waals surface area contributed by atoms with Crippen LogP contribution < -0.4 is 11.1 Å². The Hall–Kier alpha value is -1.55. The number of nitrogens with one attached hydrogen (secondary N) is 1. The number of nitrogen functional groups attached to an aromatic ring is 1. The van der Waals surface area contributed by atoms with Gasteiger partial charge >= 0.3 is 0 Å². The zero-order valence-corrected chi connectivity index (χ0v) is 11.8. The van der Waals surface area contributed by atoms with Gasteiger partial charge in [-0.3, -0.25) is 4.79 Å². The van der Waals surface area contributed by atoms with E-state index in [2.05, 4.69) is 12.2 Å². The molecule has 2 aliphatic heterocycles. The minimum atomic E-state index is 0.121. The van der Waals surface area contributed by atoms with Gasteiger partial charge in [0.05, 0.1) is 18.2 Å². The third-order valence-electron chi connectivity index (χ3n) is 4.45. The van der Waals surface area contributed by atoms with E-state index in [1.165, 1.54) is 0 Å². The van der Waals surface area contributed by atoms with E-state index in [1.807, 2.05) is 24.3 Å². The Balaban J connectivity index is 1.52. The standard InChI is InChI=1S/C16H22N2O2/c1-10(11-2-4-12(17)5-3-11)8-16(19)18-14-9-13-6-7-15(14)20-13/h2-5,10,13-15H,6-9,17H2,1H3,(H,18,19). The summed E-state index contributed by atoms with van der Waals surface area (Å²) in [4.78, 5) is 12.1. The molecule has 0 aliphatic carbocycles. The molecule has 0 saturated carbocycles. The Kier molecular flexibility index (Phi) is 3.66. The van der Waals surface area contributed by atoms with Crippen LogP contribution in [0.2, 0.25) is 0 Å². The largest absolute Gasteiger partial charge is 0.399 e. The second-order valence-electron chi connectivity index (χ2n) is 6.06. The highest BCUT2D eigenvalue weighted by Gasteiger charge is 2.41. The van der Waals surface area contributed by atoms with Crippen molar-refractivity contribution in [2.75, 3.05) is 5.73 Å². The summed E-state index contributed by atoms with van der Waals surface area (Å²) in [6, 6.07) is 7.97. The van der Waals surface area contributed by atoms with Crippen LogP contribution in [-0.2, 0) is 9.53 Å². The van der Waals surface area contributed by atoms with Crippen LogP contribution in [0.25, 0.3) is 0 Å². The number of amides is 1. The minimum Gasteiger partial charge on any atom is -0.399 e. The van der Waals surface area contributed by atoms with Crippen LogP contribution in [0.1, 0.15) is 44.1 Å². The number of carbonyl (C=O) groups excluding carboxylic acids is 1. The Morgan fingerprint density at radius 3 is 2.75 bits per heavy atom. The SMILES string of the molecule is CC(CC(=O)NC1CC2CCC1O2)c1ccc(N)cc1. The molecule has 4 nitrogen and oxygen atoms in total. The zero-order chi connectivity index (χ0) is 14.1. The molecular formula is C16H22N2O2. The van der Waals surface area contributed by atoms with Gasteiger partial charge in [-0.2, -0.15) is 0 Å². The second kappa shape index (κ2) is 5.44. The van der Waals surface area contributed by atoms with Crippen LogP contribution in [0, 0.1) is 0 Å². The third kappa shape index (κ3) is 2.80. The molecule has 0 aromatic heterocycles. The first-order chi connectivity index (χ1) is 9.61. The number of anilines is 1. The van der Waals surface area contributed by atoms with E-state index >= 15 is 0 Å². The van der Waals surface area contributed by atoms with E-state index in [9.17, 15) is 4.79 Å². The predicted octanol–water partition coefficient (Wildman–Crippen LogP) is 2.20. The summed E-state index contributed by atoms with van der Waals surface area (Å²) in [5, 5.41) is 3.13. The van der Waals surface area contributed by atoms with Crippen molar-refractivity contribution >= 4 is 11.6 Å². The topological polar surface area (TPSA) is 64.3 Å². The van der Waals surface area contributed by atoms with Crippen LogP contribution in [0.5, 0.6) is 0 Å². The number of hydrogen-bond donors (Lipinski definition) is 2. The second-order valence-corrected chi connectivity index (χ2v) is 6.06. The molecule has 4 unspecified atom stereocenters. The Bertz CT molecular complexity index is 486. The molecule has 2 bridgehead atoms. The molecule has 3 rings (SSSR count). The van der Waals surface area contributed by atoms with E-state index in [1.54, 1.807) is 0 Å². The molecule has 1 aromatic carbocycles. The predicted molar refractivity (Wildman–Crippen MR) is 78.3 cm³/mol. The molecule has 2 fully saturated rings. The van der Waals surface area contributed by atoms with Gasteiger partial charge in [0, 0.05) is 12.1 Å². The molecule has 1 amide bonds. The normalized spacial score (nSPS) is 29.4. The highest BCUT2D eigenvalue weighted by Crippen LogP contribution is 2.34. The monoisotopic (exact) mass is 274 g/mol. The van der Waals surface area contributed by atoms with Crippen molar-refractivity contribution in [2.24, 2.45) is 0 Å². The van der Waals surface area contributed by atoms with Crippen LogP contribution in [0.15, 0.2) is 24.3 Å². The van der Waals surface area contributed by atoms with Crippen LogP contribution in [0.4, 0.5) is 5.69 Å². The van der Waals surface area contributed by atoms with Crippen molar-refractivity contribution in [3.05, 3.63) is 29.8 Å². The lowest BCUT2D eigenvalue weighted by molar-refractivity contribution is -0.122. The number of rotatable bonds is 4. The fraction of sp³-hybridized carbons (Fsp3) is 0.562. The molecule has 1 aromatic rings. The Morgan fingerprint density at radius 1 is 1.40 bits per heavy atom. The fourth-order valence-corrected chi connectivity index (χ4v) is 3.28. The van der Waals surface area contributed by atoms with Crippen molar-refractivity contribution in [2.45, 2.75) is 56.8 Å². The lowest BCUT2D eigenvalue weighted by Crippen LogP contribution is -2.41. The summed E-state index contributed by atoms with van der Waals surface area (Å²) < 4.78 is 5.76. The quantitative estimate of drug-likeness (QED) is 0.827. The number of benzene rings is 1. The van der Waals surface area contributed by atoms with Crippen LogP contribution in [0.3, 0.4) is 0 Å². The molecular weight excluding hydrogens is 252 g/mol. The summed E-state index contributed by atoms with van der Waals surface area (Å²) in [6.07, 6.45) is 4.35. The van der Waals surface area contributed by atoms with Gasteiger partial charge in [-0.1, -0.05) is 19.1 Å². The molecule has 3 N–H and O–H groups in total. The molecule has 0 spiro atoms. The molecule has 2 saturated heterocycles. The first-order valence-electron chi connectivity index (χ1n) is 7.42. The lowest BCUT2D eigenvalue weighted by atomic mass is 9.94. The smallest absolute Gasteiger partial charge is 0.220 e. The summed E-state index contributed by atoms with van der Waals surface area (Å²) >= 11 is 0. The molecule has 20 heavy (non-hydrogen) atoms. The molecule has 2 aliphatic rings. The van der Waals surface area contributed by atoms with Gasteiger partial charge in [-0.15, -0.1) is 0 Å². The number of ether oxygens (including phenoxy) is 1. The van der Waals surface area contributed by atoms with Gasteiger partial charge in [0.25, 0.3) is 0 Å². The van der Waals surface area contributed by atoms with Gasteiger partial charge in [-0.25, -0.2) is 0 Å².